The number of ether oxygens (including phenoxy) is 2. The zero-order valence-electron chi connectivity index (χ0n) is 10.4. The SMILES string of the molecule is CC(OCCOc1ccc(CC#N)cc1)C(F)(F)F. The molecule has 19 heavy (non-hydrogen) atoms. The van der Waals surface area contributed by atoms with E-state index in [1.54, 1.807) is 24.3 Å². The van der Waals surface area contributed by atoms with Crippen molar-refractivity contribution in [2.45, 2.75) is 25.6 Å². The van der Waals surface area contributed by atoms with Crippen LogP contribution in [0.15, 0.2) is 24.3 Å². The Bertz CT molecular complexity index is 423. The fourth-order valence-corrected chi connectivity index (χ4v) is 1.27. The lowest BCUT2D eigenvalue weighted by Gasteiger charge is -2.16. The lowest BCUT2D eigenvalue weighted by Crippen LogP contribution is -2.29. The fraction of sp³-hybridized carbons (Fsp3) is 0.462. The topological polar surface area (TPSA) is 42.2 Å². The van der Waals surface area contributed by atoms with Gasteiger partial charge < -0.3 is 9.47 Å². The van der Waals surface area contributed by atoms with E-state index in [-0.39, 0.29) is 13.2 Å². The number of nitrogens with zero attached hydrogens (tertiary/aromatic N) is 1. The molecular formula is C13H14F3NO2. The van der Waals surface area contributed by atoms with Crippen LogP contribution in [0.5, 0.6) is 5.75 Å². The number of hydrogen-bond acceptors (Lipinski definition) is 3. The van der Waals surface area contributed by atoms with Gasteiger partial charge in [0.2, 0.25) is 0 Å². The van der Waals surface area contributed by atoms with Crippen molar-refractivity contribution in [3.8, 4) is 11.8 Å². The Kier molecular flexibility index (Phi) is 5.64. The maximum absolute atomic E-state index is 12.1. The molecule has 0 aromatic heterocycles. The van der Waals surface area contributed by atoms with Gasteiger partial charge in [-0.2, -0.15) is 18.4 Å². The summed E-state index contributed by atoms with van der Waals surface area (Å²) in [6, 6.07) is 8.82. The van der Waals surface area contributed by atoms with Crippen molar-refractivity contribution in [1.29, 1.82) is 5.26 Å². The molecule has 104 valence electrons. The van der Waals surface area contributed by atoms with Crippen molar-refractivity contribution >= 4 is 0 Å². The molecule has 0 aliphatic heterocycles. The van der Waals surface area contributed by atoms with Gasteiger partial charge in [0.1, 0.15) is 12.4 Å². The third-order valence-electron chi connectivity index (χ3n) is 2.39. The number of halogens is 3. The third kappa shape index (κ3) is 5.62. The Balaban J connectivity index is 2.28. The van der Waals surface area contributed by atoms with E-state index in [0.29, 0.717) is 12.2 Å². The fourth-order valence-electron chi connectivity index (χ4n) is 1.27. The molecule has 0 aliphatic rings. The minimum Gasteiger partial charge on any atom is -0.491 e. The Morgan fingerprint density at radius 1 is 1.21 bits per heavy atom. The zero-order chi connectivity index (χ0) is 14.3. The monoisotopic (exact) mass is 273 g/mol. The first-order chi connectivity index (χ1) is 8.93. The molecule has 1 aromatic rings. The van der Waals surface area contributed by atoms with Crippen molar-refractivity contribution in [1.82, 2.24) is 0 Å². The van der Waals surface area contributed by atoms with E-state index >= 15 is 0 Å². The van der Waals surface area contributed by atoms with Gasteiger partial charge in [-0.05, 0) is 24.6 Å². The summed E-state index contributed by atoms with van der Waals surface area (Å²) < 4.78 is 46.2. The first-order valence-electron chi connectivity index (χ1n) is 5.70. The van der Waals surface area contributed by atoms with Gasteiger partial charge in [0.15, 0.2) is 6.10 Å². The first kappa shape index (κ1) is 15.3. The molecule has 0 bridgehead atoms. The normalized spacial score (nSPS) is 12.8. The van der Waals surface area contributed by atoms with Gasteiger partial charge in [0.25, 0.3) is 0 Å². The van der Waals surface area contributed by atoms with Crippen LogP contribution in [0.3, 0.4) is 0 Å². The average Bonchev–Trinajstić information content (AvgIpc) is 2.35. The molecule has 0 saturated heterocycles. The number of alkyl halides is 3. The Morgan fingerprint density at radius 2 is 1.84 bits per heavy atom. The lowest BCUT2D eigenvalue weighted by atomic mass is 10.2. The van der Waals surface area contributed by atoms with Crippen molar-refractivity contribution in [2.24, 2.45) is 0 Å². The average molecular weight is 273 g/mol. The predicted octanol–water partition coefficient (Wildman–Crippen LogP) is 3.10. The van der Waals surface area contributed by atoms with E-state index in [0.717, 1.165) is 12.5 Å². The van der Waals surface area contributed by atoms with Crippen LogP contribution in [0.25, 0.3) is 0 Å². The highest BCUT2D eigenvalue weighted by molar-refractivity contribution is 5.28. The summed E-state index contributed by atoms with van der Waals surface area (Å²) in [5.41, 5.74) is 0.858. The highest BCUT2D eigenvalue weighted by Crippen LogP contribution is 2.22. The molecule has 1 rings (SSSR count). The molecule has 0 heterocycles. The molecule has 0 fully saturated rings. The van der Waals surface area contributed by atoms with E-state index in [1.165, 1.54) is 0 Å². The number of benzene rings is 1. The minimum atomic E-state index is -4.35. The smallest absolute Gasteiger partial charge is 0.414 e. The molecule has 1 unspecified atom stereocenters. The van der Waals surface area contributed by atoms with Crippen molar-refractivity contribution in [3.63, 3.8) is 0 Å². The Hall–Kier alpha value is -1.74. The summed E-state index contributed by atoms with van der Waals surface area (Å²) in [7, 11) is 0. The summed E-state index contributed by atoms with van der Waals surface area (Å²) in [5, 5.41) is 8.49. The molecule has 0 N–H and O–H groups in total. The van der Waals surface area contributed by atoms with Crippen LogP contribution in [0.1, 0.15) is 12.5 Å². The molecule has 1 aromatic carbocycles. The summed E-state index contributed by atoms with van der Waals surface area (Å²) in [5.74, 6) is 0.532. The molecule has 1 atom stereocenters. The summed E-state index contributed by atoms with van der Waals surface area (Å²) in [4.78, 5) is 0. The van der Waals surface area contributed by atoms with Crippen molar-refractivity contribution < 1.29 is 22.6 Å². The lowest BCUT2D eigenvalue weighted by molar-refractivity contribution is -0.215. The van der Waals surface area contributed by atoms with Crippen LogP contribution in [0.4, 0.5) is 13.2 Å². The molecule has 0 spiro atoms. The number of nitriles is 1. The number of rotatable bonds is 6. The van der Waals surface area contributed by atoms with Gasteiger partial charge in [0, 0.05) is 0 Å². The largest absolute Gasteiger partial charge is 0.491 e. The standard InChI is InChI=1S/C13H14F3NO2/c1-10(13(14,15)16)18-8-9-19-12-4-2-11(3-5-12)6-7-17/h2-5,10H,6,8-9H2,1H3. The van der Waals surface area contributed by atoms with Crippen LogP contribution in [-0.4, -0.2) is 25.5 Å². The van der Waals surface area contributed by atoms with Crippen molar-refractivity contribution in [3.05, 3.63) is 29.8 Å². The van der Waals surface area contributed by atoms with Crippen LogP contribution >= 0.6 is 0 Å². The molecular weight excluding hydrogens is 259 g/mol. The van der Waals surface area contributed by atoms with Gasteiger partial charge in [-0.1, -0.05) is 12.1 Å². The summed E-state index contributed by atoms with van der Waals surface area (Å²) in [6.07, 6.45) is -5.83. The summed E-state index contributed by atoms with van der Waals surface area (Å²) >= 11 is 0. The molecule has 6 heteroatoms. The van der Waals surface area contributed by atoms with Crippen LogP contribution in [0, 0.1) is 11.3 Å². The van der Waals surface area contributed by atoms with Gasteiger partial charge >= 0.3 is 6.18 Å². The maximum atomic E-state index is 12.1. The molecule has 3 nitrogen and oxygen atoms in total. The second kappa shape index (κ2) is 7.00. The molecule has 0 aliphatic carbocycles. The highest BCUT2D eigenvalue weighted by atomic mass is 19.4. The van der Waals surface area contributed by atoms with Gasteiger partial charge in [-0.3, -0.25) is 0 Å². The Labute approximate surface area is 109 Å². The van der Waals surface area contributed by atoms with E-state index in [1.807, 2.05) is 6.07 Å². The second-order valence-electron chi connectivity index (χ2n) is 3.88. The van der Waals surface area contributed by atoms with E-state index < -0.39 is 12.3 Å². The van der Waals surface area contributed by atoms with Crippen LogP contribution in [0.2, 0.25) is 0 Å². The quantitative estimate of drug-likeness (QED) is 0.748. The maximum Gasteiger partial charge on any atom is 0.414 e. The highest BCUT2D eigenvalue weighted by Gasteiger charge is 2.36. The van der Waals surface area contributed by atoms with Gasteiger partial charge in [0.05, 0.1) is 19.1 Å². The van der Waals surface area contributed by atoms with Gasteiger partial charge in [-0.25, -0.2) is 0 Å². The molecule has 0 amide bonds. The van der Waals surface area contributed by atoms with Crippen LogP contribution in [-0.2, 0) is 11.2 Å². The van der Waals surface area contributed by atoms with E-state index in [9.17, 15) is 13.2 Å². The minimum absolute atomic E-state index is 0.0397. The first-order valence-corrected chi connectivity index (χ1v) is 5.70. The number of hydrogen-bond donors (Lipinski definition) is 0. The van der Waals surface area contributed by atoms with E-state index in [4.69, 9.17) is 10.00 Å². The van der Waals surface area contributed by atoms with Crippen molar-refractivity contribution in [2.75, 3.05) is 13.2 Å². The third-order valence-corrected chi connectivity index (χ3v) is 2.39. The summed E-state index contributed by atoms with van der Waals surface area (Å²) in [6.45, 7) is 0.856. The van der Waals surface area contributed by atoms with E-state index in [2.05, 4.69) is 4.74 Å². The Morgan fingerprint density at radius 3 is 2.37 bits per heavy atom. The zero-order valence-corrected chi connectivity index (χ0v) is 10.4. The molecule has 0 saturated carbocycles. The van der Waals surface area contributed by atoms with Gasteiger partial charge in [-0.15, -0.1) is 0 Å². The second-order valence-corrected chi connectivity index (χ2v) is 3.88. The van der Waals surface area contributed by atoms with Crippen LogP contribution < -0.4 is 4.74 Å². The predicted molar refractivity (Wildman–Crippen MR) is 62.7 cm³/mol. The molecule has 0 radical (unpaired) electrons.